The Morgan fingerprint density at radius 1 is 1.36 bits per heavy atom. The highest BCUT2D eigenvalue weighted by Gasteiger charge is 2.28. The van der Waals surface area contributed by atoms with Gasteiger partial charge in [0.1, 0.15) is 5.75 Å². The van der Waals surface area contributed by atoms with Crippen molar-refractivity contribution in [1.29, 1.82) is 0 Å². The van der Waals surface area contributed by atoms with Crippen molar-refractivity contribution in [2.45, 2.75) is 38.7 Å². The van der Waals surface area contributed by atoms with Crippen molar-refractivity contribution in [2.24, 2.45) is 0 Å². The van der Waals surface area contributed by atoms with E-state index in [9.17, 15) is 0 Å². The Balaban J connectivity index is 2.32. The minimum atomic E-state index is 0.252. The van der Waals surface area contributed by atoms with E-state index in [0.717, 1.165) is 11.7 Å². The largest absolute Gasteiger partial charge is 0.491 e. The second-order valence-electron chi connectivity index (χ2n) is 4.09. The molecule has 1 aliphatic carbocycles. The van der Waals surface area contributed by atoms with Gasteiger partial charge < -0.3 is 4.74 Å². The van der Waals surface area contributed by atoms with Crippen molar-refractivity contribution in [1.82, 2.24) is 0 Å². The fourth-order valence-corrected chi connectivity index (χ4v) is 2.31. The first-order chi connectivity index (χ1) is 6.68. The Bertz CT molecular complexity index is 329. The third-order valence-electron chi connectivity index (χ3n) is 2.36. The summed E-state index contributed by atoms with van der Waals surface area (Å²) >= 11 is 3.60. The zero-order valence-corrected chi connectivity index (χ0v) is 10.2. The predicted octanol–water partition coefficient (Wildman–Crippen LogP) is 4.11. The molecule has 0 bridgehead atoms. The predicted molar refractivity (Wildman–Crippen MR) is 61.9 cm³/mol. The van der Waals surface area contributed by atoms with Gasteiger partial charge in [-0.1, -0.05) is 22.0 Å². The van der Waals surface area contributed by atoms with Gasteiger partial charge in [-0.25, -0.2) is 0 Å². The lowest BCUT2D eigenvalue weighted by atomic mass is 10.1. The average Bonchev–Trinajstić information content (AvgIpc) is 2.86. The summed E-state index contributed by atoms with van der Waals surface area (Å²) in [4.78, 5) is 0. The molecule has 1 fully saturated rings. The van der Waals surface area contributed by atoms with Crippen molar-refractivity contribution in [2.75, 3.05) is 0 Å². The van der Waals surface area contributed by atoms with E-state index >= 15 is 0 Å². The van der Waals surface area contributed by atoms with Gasteiger partial charge in [-0.05, 0) is 44.7 Å². The van der Waals surface area contributed by atoms with E-state index in [4.69, 9.17) is 4.74 Å². The van der Waals surface area contributed by atoms with E-state index in [1.807, 2.05) is 6.07 Å². The maximum atomic E-state index is 5.80. The standard InChI is InChI=1S/C12H15BrO/c1-8(2)14-11-5-3-4-10(13)12(11)9-6-7-9/h3-5,8-9H,6-7H2,1-2H3. The third kappa shape index (κ3) is 2.11. The maximum Gasteiger partial charge on any atom is 0.124 e. The summed E-state index contributed by atoms with van der Waals surface area (Å²) < 4.78 is 6.99. The normalized spacial score (nSPS) is 16.0. The van der Waals surface area contributed by atoms with Gasteiger partial charge in [-0.3, -0.25) is 0 Å². The molecule has 1 nitrogen and oxygen atoms in total. The average molecular weight is 255 g/mol. The minimum Gasteiger partial charge on any atom is -0.491 e. The molecular formula is C12H15BrO. The van der Waals surface area contributed by atoms with Crippen LogP contribution in [0.4, 0.5) is 0 Å². The van der Waals surface area contributed by atoms with Crippen LogP contribution in [0.15, 0.2) is 22.7 Å². The number of hydrogen-bond acceptors (Lipinski definition) is 1. The first-order valence-electron chi connectivity index (χ1n) is 5.13. The quantitative estimate of drug-likeness (QED) is 0.789. The molecule has 2 heteroatoms. The second-order valence-corrected chi connectivity index (χ2v) is 4.95. The highest BCUT2D eigenvalue weighted by molar-refractivity contribution is 9.10. The SMILES string of the molecule is CC(C)Oc1cccc(Br)c1C1CC1. The molecule has 1 saturated carbocycles. The molecule has 0 aromatic heterocycles. The van der Waals surface area contributed by atoms with Gasteiger partial charge in [0.05, 0.1) is 6.10 Å². The summed E-state index contributed by atoms with van der Waals surface area (Å²) in [5, 5.41) is 0. The lowest BCUT2D eigenvalue weighted by Crippen LogP contribution is -2.07. The summed E-state index contributed by atoms with van der Waals surface area (Å²) in [6, 6.07) is 6.20. The van der Waals surface area contributed by atoms with Gasteiger partial charge in [0, 0.05) is 10.0 Å². The van der Waals surface area contributed by atoms with Crippen molar-refractivity contribution in [3.63, 3.8) is 0 Å². The number of ether oxygens (including phenoxy) is 1. The van der Waals surface area contributed by atoms with E-state index in [1.165, 1.54) is 22.9 Å². The second kappa shape index (κ2) is 3.93. The summed E-state index contributed by atoms with van der Waals surface area (Å²) in [6.07, 6.45) is 2.86. The molecule has 1 aromatic carbocycles. The number of halogens is 1. The number of rotatable bonds is 3. The van der Waals surface area contributed by atoms with E-state index in [0.29, 0.717) is 0 Å². The summed E-state index contributed by atoms with van der Waals surface area (Å²) in [5.41, 5.74) is 1.36. The van der Waals surface area contributed by atoms with Gasteiger partial charge in [-0.2, -0.15) is 0 Å². The van der Waals surface area contributed by atoms with Crippen LogP contribution < -0.4 is 4.74 Å². The third-order valence-corrected chi connectivity index (χ3v) is 3.05. The molecule has 14 heavy (non-hydrogen) atoms. The van der Waals surface area contributed by atoms with Crippen LogP contribution in [-0.4, -0.2) is 6.10 Å². The molecule has 1 aliphatic rings. The van der Waals surface area contributed by atoms with Crippen LogP contribution in [0.2, 0.25) is 0 Å². The molecule has 0 radical (unpaired) electrons. The monoisotopic (exact) mass is 254 g/mol. The van der Waals surface area contributed by atoms with Crippen LogP contribution in [-0.2, 0) is 0 Å². The molecule has 1 aromatic rings. The van der Waals surface area contributed by atoms with Crippen LogP contribution in [0.3, 0.4) is 0 Å². The Morgan fingerprint density at radius 3 is 2.64 bits per heavy atom. The molecule has 0 saturated heterocycles. The Hall–Kier alpha value is -0.500. The van der Waals surface area contributed by atoms with Crippen LogP contribution in [0.1, 0.15) is 38.2 Å². The van der Waals surface area contributed by atoms with Gasteiger partial charge in [0.15, 0.2) is 0 Å². The van der Waals surface area contributed by atoms with Crippen molar-refractivity contribution >= 4 is 15.9 Å². The molecule has 0 amide bonds. The summed E-state index contributed by atoms with van der Waals surface area (Å²) in [5.74, 6) is 1.77. The van der Waals surface area contributed by atoms with E-state index < -0.39 is 0 Å². The van der Waals surface area contributed by atoms with Gasteiger partial charge in [0.2, 0.25) is 0 Å². The van der Waals surface area contributed by atoms with Crippen LogP contribution >= 0.6 is 15.9 Å². The molecule has 0 unspecified atom stereocenters. The molecule has 0 heterocycles. The summed E-state index contributed by atoms with van der Waals surface area (Å²) in [7, 11) is 0. The Labute approximate surface area is 93.6 Å². The lowest BCUT2D eigenvalue weighted by Gasteiger charge is -2.15. The zero-order valence-electron chi connectivity index (χ0n) is 8.59. The lowest BCUT2D eigenvalue weighted by molar-refractivity contribution is 0.240. The smallest absolute Gasteiger partial charge is 0.124 e. The Kier molecular flexibility index (Phi) is 2.82. The number of hydrogen-bond donors (Lipinski definition) is 0. The molecule has 0 spiro atoms. The van der Waals surface area contributed by atoms with Crippen molar-refractivity contribution < 1.29 is 4.74 Å². The highest BCUT2D eigenvalue weighted by atomic mass is 79.9. The highest BCUT2D eigenvalue weighted by Crippen LogP contribution is 2.47. The Morgan fingerprint density at radius 2 is 2.07 bits per heavy atom. The first kappa shape index (κ1) is 10.0. The zero-order chi connectivity index (χ0) is 10.1. The molecule has 0 aliphatic heterocycles. The molecular weight excluding hydrogens is 240 g/mol. The van der Waals surface area contributed by atoms with Crippen molar-refractivity contribution in [3.8, 4) is 5.75 Å². The molecule has 0 N–H and O–H groups in total. The van der Waals surface area contributed by atoms with Gasteiger partial charge in [-0.15, -0.1) is 0 Å². The van der Waals surface area contributed by atoms with E-state index in [1.54, 1.807) is 0 Å². The van der Waals surface area contributed by atoms with Crippen LogP contribution in [0.25, 0.3) is 0 Å². The molecule has 0 atom stereocenters. The van der Waals surface area contributed by atoms with Gasteiger partial charge >= 0.3 is 0 Å². The topological polar surface area (TPSA) is 9.23 Å². The first-order valence-corrected chi connectivity index (χ1v) is 5.93. The fourth-order valence-electron chi connectivity index (χ4n) is 1.64. The van der Waals surface area contributed by atoms with Crippen LogP contribution in [0, 0.1) is 0 Å². The maximum absolute atomic E-state index is 5.80. The van der Waals surface area contributed by atoms with Crippen LogP contribution in [0.5, 0.6) is 5.75 Å². The van der Waals surface area contributed by atoms with E-state index in [2.05, 4.69) is 41.9 Å². The van der Waals surface area contributed by atoms with Gasteiger partial charge in [0.25, 0.3) is 0 Å². The molecule has 76 valence electrons. The minimum absolute atomic E-state index is 0.252. The molecule has 2 rings (SSSR count). The fraction of sp³-hybridized carbons (Fsp3) is 0.500. The van der Waals surface area contributed by atoms with Crippen molar-refractivity contribution in [3.05, 3.63) is 28.2 Å². The summed E-state index contributed by atoms with van der Waals surface area (Å²) in [6.45, 7) is 4.13. The number of benzene rings is 1. The van der Waals surface area contributed by atoms with E-state index in [-0.39, 0.29) is 6.10 Å².